The van der Waals surface area contributed by atoms with E-state index in [4.69, 9.17) is 0 Å². The molecular weight excluding hydrogens is 262 g/mol. The molecule has 100 valence electrons. The Balaban J connectivity index is 1.77. The van der Waals surface area contributed by atoms with Gasteiger partial charge >= 0.3 is 0 Å². The molecule has 0 fully saturated rings. The lowest BCUT2D eigenvalue weighted by atomic mass is 10.2. The number of nitrogens with zero attached hydrogens (tertiary/aromatic N) is 3. The Morgan fingerprint density at radius 2 is 1.80 bits per heavy atom. The van der Waals surface area contributed by atoms with Gasteiger partial charge in [0.1, 0.15) is 11.3 Å². The SMILES string of the molecule is Fc1ccc(CNc2ccc3nccnc3n2)cc1F. The van der Waals surface area contributed by atoms with Gasteiger partial charge in [-0.2, -0.15) is 0 Å². The minimum absolute atomic E-state index is 0.343. The van der Waals surface area contributed by atoms with Gasteiger partial charge in [0, 0.05) is 18.9 Å². The molecule has 0 amide bonds. The van der Waals surface area contributed by atoms with Crippen LogP contribution in [-0.4, -0.2) is 15.0 Å². The molecule has 0 saturated carbocycles. The maximum atomic E-state index is 13.1. The van der Waals surface area contributed by atoms with Crippen molar-refractivity contribution in [3.05, 3.63) is 59.9 Å². The van der Waals surface area contributed by atoms with Crippen LogP contribution in [0.25, 0.3) is 11.2 Å². The third-order valence-electron chi connectivity index (χ3n) is 2.79. The first-order valence-corrected chi connectivity index (χ1v) is 5.98. The molecule has 0 atom stereocenters. The van der Waals surface area contributed by atoms with Crippen LogP contribution < -0.4 is 5.32 Å². The fraction of sp³-hybridized carbons (Fsp3) is 0.0714. The normalized spacial score (nSPS) is 10.7. The van der Waals surface area contributed by atoms with Gasteiger partial charge in [-0.25, -0.2) is 18.7 Å². The molecule has 2 aromatic heterocycles. The van der Waals surface area contributed by atoms with Crippen LogP contribution in [0.3, 0.4) is 0 Å². The fourth-order valence-corrected chi connectivity index (χ4v) is 1.80. The topological polar surface area (TPSA) is 50.7 Å². The molecule has 3 rings (SSSR count). The van der Waals surface area contributed by atoms with Gasteiger partial charge in [-0.15, -0.1) is 0 Å². The Hall–Kier alpha value is -2.63. The van der Waals surface area contributed by atoms with Crippen molar-refractivity contribution in [2.45, 2.75) is 6.54 Å². The highest BCUT2D eigenvalue weighted by Crippen LogP contribution is 2.13. The summed E-state index contributed by atoms with van der Waals surface area (Å²) in [6.45, 7) is 0.343. The molecule has 20 heavy (non-hydrogen) atoms. The smallest absolute Gasteiger partial charge is 0.180 e. The molecule has 2 heterocycles. The van der Waals surface area contributed by atoms with Crippen molar-refractivity contribution in [2.75, 3.05) is 5.32 Å². The van der Waals surface area contributed by atoms with Crippen LogP contribution in [0.4, 0.5) is 14.6 Å². The van der Waals surface area contributed by atoms with Crippen LogP contribution in [0.1, 0.15) is 5.56 Å². The summed E-state index contributed by atoms with van der Waals surface area (Å²) in [7, 11) is 0. The summed E-state index contributed by atoms with van der Waals surface area (Å²) in [5.41, 5.74) is 1.86. The molecule has 0 spiro atoms. The summed E-state index contributed by atoms with van der Waals surface area (Å²) in [6.07, 6.45) is 3.16. The van der Waals surface area contributed by atoms with Crippen LogP contribution in [0.5, 0.6) is 0 Å². The largest absolute Gasteiger partial charge is 0.366 e. The van der Waals surface area contributed by atoms with E-state index in [-0.39, 0.29) is 0 Å². The first kappa shape index (κ1) is 12.4. The minimum atomic E-state index is -0.860. The molecule has 0 saturated heterocycles. The van der Waals surface area contributed by atoms with Gasteiger partial charge in [-0.1, -0.05) is 6.07 Å². The first-order chi connectivity index (χ1) is 9.72. The van der Waals surface area contributed by atoms with Crippen LogP contribution in [0.15, 0.2) is 42.7 Å². The quantitative estimate of drug-likeness (QED) is 0.796. The first-order valence-electron chi connectivity index (χ1n) is 5.98. The summed E-state index contributed by atoms with van der Waals surface area (Å²) >= 11 is 0. The highest BCUT2D eigenvalue weighted by molar-refractivity contribution is 5.71. The zero-order valence-electron chi connectivity index (χ0n) is 10.3. The number of nitrogens with one attached hydrogen (secondary N) is 1. The number of benzene rings is 1. The van der Waals surface area contributed by atoms with E-state index in [1.807, 2.05) is 0 Å². The third-order valence-corrected chi connectivity index (χ3v) is 2.79. The number of aromatic nitrogens is 3. The summed E-state index contributed by atoms with van der Waals surface area (Å²) < 4.78 is 25.9. The Labute approximate surface area is 113 Å². The van der Waals surface area contributed by atoms with Crippen molar-refractivity contribution in [1.82, 2.24) is 15.0 Å². The molecule has 4 nitrogen and oxygen atoms in total. The lowest BCUT2D eigenvalue weighted by molar-refractivity contribution is 0.507. The number of halogens is 2. The molecule has 1 aromatic carbocycles. The lowest BCUT2D eigenvalue weighted by Gasteiger charge is -2.06. The van der Waals surface area contributed by atoms with Gasteiger partial charge in [0.2, 0.25) is 0 Å². The summed E-state index contributed by atoms with van der Waals surface area (Å²) in [6, 6.07) is 7.33. The minimum Gasteiger partial charge on any atom is -0.366 e. The van der Waals surface area contributed by atoms with Crippen LogP contribution >= 0.6 is 0 Å². The average Bonchev–Trinajstić information content (AvgIpc) is 2.48. The number of anilines is 1. The Morgan fingerprint density at radius 3 is 2.65 bits per heavy atom. The Morgan fingerprint density at radius 1 is 0.950 bits per heavy atom. The van der Waals surface area contributed by atoms with Gasteiger partial charge in [0.05, 0.1) is 0 Å². The molecule has 6 heteroatoms. The molecule has 0 unspecified atom stereocenters. The predicted molar refractivity (Wildman–Crippen MR) is 71.0 cm³/mol. The van der Waals surface area contributed by atoms with E-state index >= 15 is 0 Å². The molecule has 0 aliphatic rings. The molecule has 1 N–H and O–H groups in total. The van der Waals surface area contributed by atoms with E-state index in [2.05, 4.69) is 20.3 Å². The number of hydrogen-bond acceptors (Lipinski definition) is 4. The van der Waals surface area contributed by atoms with Gasteiger partial charge < -0.3 is 5.32 Å². The number of pyridine rings is 1. The highest BCUT2D eigenvalue weighted by Gasteiger charge is 2.03. The fourth-order valence-electron chi connectivity index (χ4n) is 1.80. The van der Waals surface area contributed by atoms with Crippen LogP contribution in [-0.2, 0) is 6.54 Å². The monoisotopic (exact) mass is 272 g/mol. The summed E-state index contributed by atoms with van der Waals surface area (Å²) in [5, 5.41) is 3.03. The standard InChI is InChI=1S/C14H10F2N4/c15-10-2-1-9(7-11(10)16)8-19-13-4-3-12-14(20-13)18-6-5-17-12/h1-7H,8H2,(H,18,19,20). The second-order valence-corrected chi connectivity index (χ2v) is 4.20. The maximum absolute atomic E-state index is 13.1. The lowest BCUT2D eigenvalue weighted by Crippen LogP contribution is -2.02. The molecule has 0 radical (unpaired) electrons. The third kappa shape index (κ3) is 2.54. The van der Waals surface area contributed by atoms with Crippen molar-refractivity contribution in [3.8, 4) is 0 Å². The van der Waals surface area contributed by atoms with E-state index in [0.29, 0.717) is 29.1 Å². The van der Waals surface area contributed by atoms with Crippen molar-refractivity contribution in [1.29, 1.82) is 0 Å². The van der Waals surface area contributed by atoms with E-state index in [1.165, 1.54) is 6.07 Å². The van der Waals surface area contributed by atoms with E-state index in [1.54, 1.807) is 24.5 Å². The molecule has 0 aliphatic heterocycles. The van der Waals surface area contributed by atoms with Crippen molar-refractivity contribution in [3.63, 3.8) is 0 Å². The summed E-state index contributed by atoms with van der Waals surface area (Å²) in [4.78, 5) is 12.5. The van der Waals surface area contributed by atoms with Gasteiger partial charge in [-0.05, 0) is 29.8 Å². The molecule has 0 bridgehead atoms. The van der Waals surface area contributed by atoms with Gasteiger partial charge in [0.25, 0.3) is 0 Å². The second kappa shape index (κ2) is 5.16. The number of rotatable bonds is 3. The van der Waals surface area contributed by atoms with Gasteiger partial charge in [0.15, 0.2) is 17.3 Å². The van der Waals surface area contributed by atoms with Crippen molar-refractivity contribution >= 4 is 17.0 Å². The van der Waals surface area contributed by atoms with E-state index < -0.39 is 11.6 Å². The average molecular weight is 272 g/mol. The van der Waals surface area contributed by atoms with Crippen LogP contribution in [0.2, 0.25) is 0 Å². The maximum Gasteiger partial charge on any atom is 0.180 e. The van der Waals surface area contributed by atoms with E-state index in [0.717, 1.165) is 12.1 Å². The molecular formula is C14H10F2N4. The van der Waals surface area contributed by atoms with Crippen molar-refractivity contribution < 1.29 is 8.78 Å². The second-order valence-electron chi connectivity index (χ2n) is 4.20. The number of fused-ring (bicyclic) bond motifs is 1. The predicted octanol–water partition coefficient (Wildman–Crippen LogP) is 2.92. The van der Waals surface area contributed by atoms with E-state index in [9.17, 15) is 8.78 Å². The molecule has 0 aliphatic carbocycles. The highest BCUT2D eigenvalue weighted by atomic mass is 19.2. The summed E-state index contributed by atoms with van der Waals surface area (Å²) in [5.74, 6) is -1.11. The number of hydrogen-bond donors (Lipinski definition) is 1. The Bertz CT molecular complexity index is 761. The zero-order valence-corrected chi connectivity index (χ0v) is 10.3. The van der Waals surface area contributed by atoms with Crippen LogP contribution in [0, 0.1) is 11.6 Å². The van der Waals surface area contributed by atoms with Crippen molar-refractivity contribution in [2.24, 2.45) is 0 Å². The molecule has 3 aromatic rings. The zero-order chi connectivity index (χ0) is 13.9. The Kier molecular flexibility index (Phi) is 3.20. The van der Waals surface area contributed by atoms with Gasteiger partial charge in [-0.3, -0.25) is 4.98 Å².